The summed E-state index contributed by atoms with van der Waals surface area (Å²) in [5, 5.41) is 0.222. The number of carbonyl (C=O) groups is 1. The van der Waals surface area contributed by atoms with Gasteiger partial charge in [-0.2, -0.15) is 0 Å². The van der Waals surface area contributed by atoms with Crippen molar-refractivity contribution in [3.05, 3.63) is 23.3 Å². The third-order valence-corrected chi connectivity index (χ3v) is 15.4. The molecular weight excluding hydrogens is 454 g/mol. The molecule has 35 heavy (non-hydrogen) atoms. The van der Waals surface area contributed by atoms with E-state index in [-0.39, 0.29) is 39.8 Å². The van der Waals surface area contributed by atoms with Crippen LogP contribution in [0.2, 0.25) is 18.1 Å². The van der Waals surface area contributed by atoms with Crippen LogP contribution in [0.15, 0.2) is 23.3 Å². The quantitative estimate of drug-likeness (QED) is 0.349. The van der Waals surface area contributed by atoms with E-state index in [9.17, 15) is 4.79 Å². The zero-order valence-electron chi connectivity index (χ0n) is 23.5. The maximum absolute atomic E-state index is 11.9. The summed E-state index contributed by atoms with van der Waals surface area (Å²) in [6.45, 7) is 15.9. The van der Waals surface area contributed by atoms with Gasteiger partial charge in [0.05, 0.1) is 23.3 Å². The second-order valence-electron chi connectivity index (χ2n) is 14.1. The Bertz CT molecular complexity index is 964. The van der Waals surface area contributed by atoms with E-state index >= 15 is 0 Å². The first-order chi connectivity index (χ1) is 16.1. The smallest absolute Gasteiger partial charge is 0.303 e. The normalized spacial score (nSPS) is 42.7. The Hall–Kier alpha value is -0.953. The molecule has 0 unspecified atom stereocenters. The van der Waals surface area contributed by atoms with Gasteiger partial charge in [0.2, 0.25) is 0 Å². The summed E-state index contributed by atoms with van der Waals surface area (Å²) in [6, 6.07) is 0.126. The highest BCUT2D eigenvalue weighted by atomic mass is 28.4. The van der Waals surface area contributed by atoms with E-state index in [0.717, 1.165) is 32.1 Å². The first-order valence-electron chi connectivity index (χ1n) is 13.8. The van der Waals surface area contributed by atoms with Gasteiger partial charge in [0.25, 0.3) is 0 Å². The molecule has 0 N–H and O–H groups in total. The molecule has 1 saturated heterocycles. The summed E-state index contributed by atoms with van der Waals surface area (Å²) in [7, 11) is 2.33. The van der Waals surface area contributed by atoms with Crippen molar-refractivity contribution < 1.29 is 18.7 Å². The van der Waals surface area contributed by atoms with Crippen LogP contribution < -0.4 is 0 Å². The summed E-state index contributed by atoms with van der Waals surface area (Å²) in [5.74, 6) is 0.293. The topological polar surface area (TPSA) is 48.0 Å². The largest absolute Gasteiger partial charge is 0.457 e. The first kappa shape index (κ1) is 25.7. The van der Waals surface area contributed by atoms with Crippen LogP contribution in [0.4, 0.5) is 0 Å². The van der Waals surface area contributed by atoms with Crippen molar-refractivity contribution in [1.82, 2.24) is 4.90 Å². The van der Waals surface area contributed by atoms with Gasteiger partial charge in [-0.05, 0) is 99.3 Å². The highest BCUT2D eigenvalue weighted by molar-refractivity contribution is 6.74. The van der Waals surface area contributed by atoms with Gasteiger partial charge in [-0.1, -0.05) is 33.8 Å². The molecule has 3 aliphatic carbocycles. The van der Waals surface area contributed by atoms with Crippen LogP contribution in [-0.2, 0) is 18.7 Å². The van der Waals surface area contributed by atoms with Gasteiger partial charge >= 0.3 is 5.97 Å². The molecule has 0 aromatic carbocycles. The van der Waals surface area contributed by atoms with Gasteiger partial charge < -0.3 is 18.8 Å². The number of hydrogen-bond donors (Lipinski definition) is 0. The number of likely N-dealkylation sites (N-methyl/N-ethyl adjacent to an activating group) is 1. The van der Waals surface area contributed by atoms with E-state index in [2.05, 4.69) is 71.9 Å². The van der Waals surface area contributed by atoms with Gasteiger partial charge in [-0.3, -0.25) is 4.79 Å². The van der Waals surface area contributed by atoms with E-state index in [0.29, 0.717) is 12.0 Å². The zero-order chi connectivity index (χ0) is 25.6. The molecule has 0 radical (unpaired) electrons. The van der Waals surface area contributed by atoms with Gasteiger partial charge in [0.15, 0.2) is 8.32 Å². The molecule has 0 aromatic rings. The minimum atomic E-state index is -1.84. The predicted octanol–water partition coefficient (Wildman–Crippen LogP) is 6.01. The second-order valence-corrected chi connectivity index (χ2v) is 18.8. The van der Waals surface area contributed by atoms with E-state index in [1.54, 1.807) is 0 Å². The SMILES string of the molecule is CC(=O)O[C@H]1C=C2C=C3CC[C@]4(C)[C@@H](O[Si](C)(C)C(C)(C)C)CC[C@H]4[C@@]34CC[C@]2(C[C@@H]1N(C)C)O4. The molecule has 2 heterocycles. The Labute approximate surface area is 213 Å². The van der Waals surface area contributed by atoms with Crippen LogP contribution in [0.1, 0.15) is 79.6 Å². The third kappa shape index (κ3) is 3.76. The number of carbonyl (C=O) groups excluding carboxylic acids is 1. The van der Waals surface area contributed by atoms with E-state index in [4.69, 9.17) is 13.9 Å². The van der Waals surface area contributed by atoms with E-state index in [1.807, 2.05) is 0 Å². The maximum atomic E-state index is 11.9. The van der Waals surface area contributed by atoms with Crippen molar-refractivity contribution in [2.24, 2.45) is 11.3 Å². The second kappa shape index (κ2) is 8.02. The summed E-state index contributed by atoms with van der Waals surface area (Å²) >= 11 is 0. The average molecular weight is 502 g/mol. The Morgan fingerprint density at radius 1 is 1.17 bits per heavy atom. The molecule has 3 fully saturated rings. The summed E-state index contributed by atoms with van der Waals surface area (Å²) in [4.78, 5) is 14.1. The third-order valence-electron chi connectivity index (χ3n) is 10.9. The van der Waals surface area contributed by atoms with E-state index < -0.39 is 8.32 Å². The van der Waals surface area contributed by atoms with Crippen LogP contribution in [0.3, 0.4) is 0 Å². The Morgan fingerprint density at radius 3 is 2.51 bits per heavy atom. The minimum absolute atomic E-state index is 0.126. The van der Waals surface area contributed by atoms with Crippen molar-refractivity contribution >= 4 is 14.3 Å². The van der Waals surface area contributed by atoms with Crippen LogP contribution in [0.25, 0.3) is 0 Å². The monoisotopic (exact) mass is 501 g/mol. The highest BCUT2D eigenvalue weighted by Crippen LogP contribution is 2.68. The van der Waals surface area contributed by atoms with Crippen LogP contribution in [-0.4, -0.2) is 62.7 Å². The van der Waals surface area contributed by atoms with Crippen molar-refractivity contribution in [2.75, 3.05) is 14.1 Å². The molecule has 0 aromatic heterocycles. The lowest BCUT2D eigenvalue weighted by molar-refractivity contribution is -0.163. The Morgan fingerprint density at radius 2 is 1.89 bits per heavy atom. The summed E-state index contributed by atoms with van der Waals surface area (Å²) in [5.41, 5.74) is 2.49. The standard InChI is InChI=1S/C29H47NO4Si/c1-19(31)32-23-17-21-16-20-12-13-27(5)24(10-11-25(27)33-35(8,9)26(2,3)4)29(20)15-14-28(21,34-29)18-22(23)30(6)7/h16-17,22-25H,10-15,18H2,1-9H3/t22-,23-,24+,25-,27-,28+,29+/m0/s1. The number of fused-ring (bicyclic) bond motifs is 1. The lowest BCUT2D eigenvalue weighted by Crippen LogP contribution is -2.58. The van der Waals surface area contributed by atoms with Crippen molar-refractivity contribution in [2.45, 2.75) is 127 Å². The molecule has 2 bridgehead atoms. The number of hydrogen-bond acceptors (Lipinski definition) is 5. The van der Waals surface area contributed by atoms with Gasteiger partial charge in [-0.25, -0.2) is 0 Å². The Kier molecular flexibility index (Phi) is 5.89. The fourth-order valence-corrected chi connectivity index (χ4v) is 9.33. The number of esters is 1. The molecule has 2 spiro atoms. The lowest BCUT2D eigenvalue weighted by atomic mass is 9.58. The molecule has 6 heteroatoms. The molecule has 7 atom stereocenters. The number of ether oxygens (including phenoxy) is 2. The lowest BCUT2D eigenvalue weighted by Gasteiger charge is -2.56. The van der Waals surface area contributed by atoms with Crippen molar-refractivity contribution in [3.8, 4) is 0 Å². The molecule has 5 rings (SSSR count). The highest BCUT2D eigenvalue weighted by Gasteiger charge is 2.68. The fourth-order valence-electron chi connectivity index (χ4n) is 7.88. The van der Waals surface area contributed by atoms with Gasteiger partial charge in [0.1, 0.15) is 6.10 Å². The first-order valence-corrected chi connectivity index (χ1v) is 16.7. The molecular formula is C29H47NO4Si. The molecule has 0 amide bonds. The Balaban J connectivity index is 1.49. The van der Waals surface area contributed by atoms with Crippen molar-refractivity contribution in [1.29, 1.82) is 0 Å². The van der Waals surface area contributed by atoms with Gasteiger partial charge in [0, 0.05) is 13.3 Å². The van der Waals surface area contributed by atoms with Crippen molar-refractivity contribution in [3.63, 3.8) is 0 Å². The molecule has 5 nitrogen and oxygen atoms in total. The molecule has 196 valence electrons. The average Bonchev–Trinajstić information content (AvgIpc) is 3.22. The summed E-state index contributed by atoms with van der Waals surface area (Å²) < 4.78 is 20.3. The van der Waals surface area contributed by atoms with Gasteiger partial charge in [-0.15, -0.1) is 0 Å². The fraction of sp³-hybridized carbons (Fsp3) is 0.828. The number of nitrogens with zero attached hydrogens (tertiary/aromatic N) is 1. The maximum Gasteiger partial charge on any atom is 0.303 e. The predicted molar refractivity (Wildman–Crippen MR) is 142 cm³/mol. The number of rotatable bonds is 4. The minimum Gasteiger partial charge on any atom is -0.457 e. The molecule has 2 aliphatic heterocycles. The van der Waals surface area contributed by atoms with Crippen LogP contribution >= 0.6 is 0 Å². The van der Waals surface area contributed by atoms with E-state index in [1.165, 1.54) is 30.9 Å². The molecule has 2 saturated carbocycles. The zero-order valence-corrected chi connectivity index (χ0v) is 24.5. The summed E-state index contributed by atoms with van der Waals surface area (Å²) in [6.07, 6.45) is 12.4. The van der Waals surface area contributed by atoms with Crippen LogP contribution in [0, 0.1) is 11.3 Å². The van der Waals surface area contributed by atoms with Crippen LogP contribution in [0.5, 0.6) is 0 Å². The molecule has 5 aliphatic rings.